The number of ether oxygens (including phenoxy) is 1. The van der Waals surface area contributed by atoms with Crippen LogP contribution in [0.4, 0.5) is 0 Å². The molecule has 1 saturated heterocycles. The summed E-state index contributed by atoms with van der Waals surface area (Å²) in [5, 5.41) is 1.82. The van der Waals surface area contributed by atoms with Crippen LogP contribution >= 0.6 is 22.9 Å². The van der Waals surface area contributed by atoms with Crippen LogP contribution in [0, 0.1) is 0 Å². The van der Waals surface area contributed by atoms with Crippen LogP contribution in [0.2, 0.25) is 5.02 Å². The summed E-state index contributed by atoms with van der Waals surface area (Å²) >= 11 is 7.81. The zero-order valence-corrected chi connectivity index (χ0v) is 16.3. The lowest BCUT2D eigenvalue weighted by atomic mass is 9.98. The average molecular weight is 399 g/mol. The Morgan fingerprint density at radius 2 is 2.15 bits per heavy atom. The number of carbonyl (C=O) groups is 1. The number of likely N-dealkylation sites (tertiary alicyclic amines) is 1. The maximum atomic E-state index is 13.1. The van der Waals surface area contributed by atoms with E-state index in [1.54, 1.807) is 17.4 Å². The van der Waals surface area contributed by atoms with Crippen LogP contribution in [-0.2, 0) is 11.2 Å². The average Bonchev–Trinajstić information content (AvgIpc) is 3.31. The fourth-order valence-electron chi connectivity index (χ4n) is 4.00. The fraction of sp³-hybridized carbons (Fsp3) is 0.333. The standard InChI is InChI=1S/C21H19ClN2O2S/c22-15-7-8-17-14(10-15)11-18(26-17)21(25)24-9-3-4-13(12-24)20-23-16-5-1-2-6-19(16)27-20/h1-2,5-8,10,13,18H,3-4,9,11-12H2/t13-,18-/m1/s1. The molecule has 6 heteroatoms. The van der Waals surface area contributed by atoms with Gasteiger partial charge in [-0.3, -0.25) is 4.79 Å². The van der Waals surface area contributed by atoms with E-state index in [4.69, 9.17) is 21.3 Å². The number of rotatable bonds is 2. The molecule has 27 heavy (non-hydrogen) atoms. The van der Waals surface area contributed by atoms with Crippen molar-refractivity contribution in [1.29, 1.82) is 0 Å². The molecule has 0 saturated carbocycles. The first-order valence-corrected chi connectivity index (χ1v) is 10.5. The van der Waals surface area contributed by atoms with Gasteiger partial charge in [0.25, 0.3) is 5.91 Å². The van der Waals surface area contributed by atoms with Crippen molar-refractivity contribution in [3.05, 3.63) is 58.1 Å². The minimum absolute atomic E-state index is 0.0770. The largest absolute Gasteiger partial charge is 0.480 e. The maximum absolute atomic E-state index is 13.1. The molecule has 0 unspecified atom stereocenters. The highest BCUT2D eigenvalue weighted by atomic mass is 35.5. The lowest BCUT2D eigenvalue weighted by Crippen LogP contribution is -2.45. The Labute approximate surface area is 166 Å². The Morgan fingerprint density at radius 1 is 1.26 bits per heavy atom. The Balaban J connectivity index is 1.31. The van der Waals surface area contributed by atoms with E-state index in [1.165, 1.54) is 4.70 Å². The lowest BCUT2D eigenvalue weighted by Gasteiger charge is -2.33. The first kappa shape index (κ1) is 17.0. The van der Waals surface area contributed by atoms with Crippen LogP contribution in [0.25, 0.3) is 10.2 Å². The molecular weight excluding hydrogens is 380 g/mol. The number of thiazole rings is 1. The number of halogens is 1. The van der Waals surface area contributed by atoms with Crippen molar-refractivity contribution in [3.8, 4) is 5.75 Å². The van der Waals surface area contributed by atoms with Crippen LogP contribution in [-0.4, -0.2) is 35.0 Å². The number of carbonyl (C=O) groups excluding carboxylic acids is 1. The molecule has 0 N–H and O–H groups in total. The summed E-state index contributed by atoms with van der Waals surface area (Å²) in [7, 11) is 0. The van der Waals surface area contributed by atoms with E-state index < -0.39 is 6.10 Å². The van der Waals surface area contributed by atoms with Crippen molar-refractivity contribution >= 4 is 39.1 Å². The SMILES string of the molecule is O=C([C@H]1Cc2cc(Cl)ccc2O1)N1CCC[C@@H](c2nc3ccccc3s2)C1. The normalized spacial score (nSPS) is 21.9. The quantitative estimate of drug-likeness (QED) is 0.630. The van der Waals surface area contributed by atoms with E-state index >= 15 is 0 Å². The van der Waals surface area contributed by atoms with Crippen molar-refractivity contribution in [2.24, 2.45) is 0 Å². The van der Waals surface area contributed by atoms with Crippen LogP contribution in [0.15, 0.2) is 42.5 Å². The van der Waals surface area contributed by atoms with E-state index in [0.717, 1.165) is 47.8 Å². The molecule has 2 aliphatic rings. The van der Waals surface area contributed by atoms with Gasteiger partial charge < -0.3 is 9.64 Å². The molecule has 138 valence electrons. The van der Waals surface area contributed by atoms with E-state index in [9.17, 15) is 4.79 Å². The number of para-hydroxylation sites is 1. The second-order valence-corrected chi connectivity index (χ2v) is 8.70. The number of benzene rings is 2. The highest BCUT2D eigenvalue weighted by Crippen LogP contribution is 2.35. The lowest BCUT2D eigenvalue weighted by molar-refractivity contribution is -0.139. The van der Waals surface area contributed by atoms with Gasteiger partial charge in [0.05, 0.1) is 15.2 Å². The third-order valence-corrected chi connectivity index (χ3v) is 6.80. The predicted octanol–water partition coefficient (Wildman–Crippen LogP) is 4.66. The smallest absolute Gasteiger partial charge is 0.264 e. The zero-order valence-electron chi connectivity index (χ0n) is 14.7. The molecule has 0 aliphatic carbocycles. The number of amides is 1. The molecule has 4 nitrogen and oxygen atoms in total. The Morgan fingerprint density at radius 3 is 3.04 bits per heavy atom. The molecule has 5 rings (SSSR count). The van der Waals surface area contributed by atoms with Crippen LogP contribution in [0.5, 0.6) is 5.75 Å². The Kier molecular flexibility index (Phi) is 4.29. The number of aromatic nitrogens is 1. The van der Waals surface area contributed by atoms with Gasteiger partial charge in [0, 0.05) is 30.5 Å². The molecule has 0 radical (unpaired) electrons. The molecule has 0 spiro atoms. The van der Waals surface area contributed by atoms with Gasteiger partial charge in [-0.2, -0.15) is 0 Å². The molecule has 2 aliphatic heterocycles. The van der Waals surface area contributed by atoms with Gasteiger partial charge in [-0.25, -0.2) is 4.98 Å². The molecule has 0 bridgehead atoms. The van der Waals surface area contributed by atoms with E-state index in [0.29, 0.717) is 17.4 Å². The van der Waals surface area contributed by atoms with E-state index in [2.05, 4.69) is 12.1 Å². The fourth-order valence-corrected chi connectivity index (χ4v) is 5.29. The highest BCUT2D eigenvalue weighted by Gasteiger charge is 2.35. The zero-order chi connectivity index (χ0) is 18.4. The third kappa shape index (κ3) is 3.19. The van der Waals surface area contributed by atoms with Crippen molar-refractivity contribution in [1.82, 2.24) is 9.88 Å². The van der Waals surface area contributed by atoms with Gasteiger partial charge in [0.2, 0.25) is 0 Å². The van der Waals surface area contributed by atoms with Crippen molar-refractivity contribution in [3.63, 3.8) is 0 Å². The van der Waals surface area contributed by atoms with Crippen LogP contribution in [0.3, 0.4) is 0 Å². The highest BCUT2D eigenvalue weighted by molar-refractivity contribution is 7.18. The summed E-state index contributed by atoms with van der Waals surface area (Å²) in [6.45, 7) is 1.51. The van der Waals surface area contributed by atoms with E-state index in [1.807, 2.05) is 29.2 Å². The molecule has 1 fully saturated rings. The van der Waals surface area contributed by atoms with Crippen molar-refractivity contribution < 1.29 is 9.53 Å². The summed E-state index contributed by atoms with van der Waals surface area (Å²) in [6.07, 6.45) is 2.23. The molecule has 1 aromatic heterocycles. The molecule has 2 aromatic carbocycles. The Bertz CT molecular complexity index is 985. The molecule has 3 heterocycles. The maximum Gasteiger partial charge on any atom is 0.264 e. The minimum Gasteiger partial charge on any atom is -0.480 e. The monoisotopic (exact) mass is 398 g/mol. The van der Waals surface area contributed by atoms with E-state index in [-0.39, 0.29) is 5.91 Å². The molecular formula is C21H19ClN2O2S. The summed E-state index contributed by atoms with van der Waals surface area (Å²) in [4.78, 5) is 19.8. The van der Waals surface area contributed by atoms with Gasteiger partial charge in [-0.05, 0) is 48.7 Å². The third-order valence-electron chi connectivity index (χ3n) is 5.37. The molecule has 3 aromatic rings. The summed E-state index contributed by atoms with van der Waals surface area (Å²) in [6, 6.07) is 13.8. The molecule has 1 amide bonds. The molecule has 2 atom stereocenters. The first-order chi connectivity index (χ1) is 13.2. The van der Waals surface area contributed by atoms with Crippen molar-refractivity contribution in [2.75, 3.05) is 13.1 Å². The van der Waals surface area contributed by atoms with Crippen molar-refractivity contribution in [2.45, 2.75) is 31.3 Å². The topological polar surface area (TPSA) is 42.4 Å². The Hall–Kier alpha value is -2.11. The number of fused-ring (bicyclic) bond motifs is 2. The number of piperidine rings is 1. The second-order valence-electron chi connectivity index (χ2n) is 7.21. The van der Waals surface area contributed by atoms with Gasteiger partial charge >= 0.3 is 0 Å². The number of nitrogens with zero attached hydrogens (tertiary/aromatic N) is 2. The number of hydrogen-bond acceptors (Lipinski definition) is 4. The summed E-state index contributed by atoms with van der Waals surface area (Å²) in [5.41, 5.74) is 2.06. The van der Waals surface area contributed by atoms with Gasteiger partial charge in [-0.15, -0.1) is 11.3 Å². The number of hydrogen-bond donors (Lipinski definition) is 0. The van der Waals surface area contributed by atoms with Gasteiger partial charge in [0.15, 0.2) is 6.10 Å². The minimum atomic E-state index is -0.437. The summed E-state index contributed by atoms with van der Waals surface area (Å²) < 4.78 is 7.11. The summed E-state index contributed by atoms with van der Waals surface area (Å²) in [5.74, 6) is 1.16. The van der Waals surface area contributed by atoms with Crippen LogP contribution in [0.1, 0.15) is 29.3 Å². The van der Waals surface area contributed by atoms with Gasteiger partial charge in [0.1, 0.15) is 5.75 Å². The predicted molar refractivity (Wildman–Crippen MR) is 108 cm³/mol. The van der Waals surface area contributed by atoms with Gasteiger partial charge in [-0.1, -0.05) is 23.7 Å². The first-order valence-electron chi connectivity index (χ1n) is 9.27. The van der Waals surface area contributed by atoms with Crippen LogP contribution < -0.4 is 4.74 Å². The second kappa shape index (κ2) is 6.80.